The molecule has 5 nitrogen and oxygen atoms in total. The minimum atomic E-state index is -0.639. The van der Waals surface area contributed by atoms with Crippen LogP contribution in [-0.4, -0.2) is 9.78 Å². The fraction of sp³-hybridized carbons (Fsp3) is 0.0909. The lowest BCUT2D eigenvalue weighted by molar-refractivity contribution is 0.451. The van der Waals surface area contributed by atoms with Crippen LogP contribution in [0.25, 0.3) is 0 Å². The maximum atomic E-state index is 13.3. The Hall–Kier alpha value is -2.55. The normalized spacial score (nSPS) is 9.94. The molecule has 0 aliphatic heterocycles. The van der Waals surface area contributed by atoms with E-state index in [1.54, 1.807) is 19.3 Å². The summed E-state index contributed by atoms with van der Waals surface area (Å²) in [6.07, 6.45) is 1.58. The van der Waals surface area contributed by atoms with Crippen LogP contribution >= 0.6 is 0 Å². The van der Waals surface area contributed by atoms with Gasteiger partial charge >= 0.3 is 0 Å². The van der Waals surface area contributed by atoms with Crippen LogP contribution in [0.2, 0.25) is 0 Å². The monoisotopic (exact) mass is 232 g/mol. The summed E-state index contributed by atoms with van der Waals surface area (Å²) in [6.45, 7) is 0. The molecule has 0 atom stereocenters. The third kappa shape index (κ3) is 2.18. The van der Waals surface area contributed by atoms with Gasteiger partial charge in [-0.25, -0.2) is 4.39 Å². The fourth-order valence-electron chi connectivity index (χ4n) is 1.33. The van der Waals surface area contributed by atoms with Crippen molar-refractivity contribution in [3.05, 3.63) is 35.8 Å². The number of nitrogens with zero attached hydrogens (tertiary/aromatic N) is 3. The number of nitrogen functional groups attached to an aromatic ring is 1. The van der Waals surface area contributed by atoms with Crippen molar-refractivity contribution in [2.75, 3.05) is 5.73 Å². The number of nitriles is 1. The van der Waals surface area contributed by atoms with E-state index >= 15 is 0 Å². The second-order valence-electron chi connectivity index (χ2n) is 3.42. The molecule has 0 radical (unpaired) electrons. The van der Waals surface area contributed by atoms with E-state index in [0.29, 0.717) is 5.69 Å². The van der Waals surface area contributed by atoms with Gasteiger partial charge < -0.3 is 10.5 Å². The van der Waals surface area contributed by atoms with Crippen LogP contribution in [0, 0.1) is 17.1 Å². The highest BCUT2D eigenvalue weighted by atomic mass is 19.1. The van der Waals surface area contributed by atoms with Gasteiger partial charge in [-0.2, -0.15) is 5.26 Å². The van der Waals surface area contributed by atoms with Gasteiger partial charge in [-0.3, -0.25) is 4.68 Å². The van der Waals surface area contributed by atoms with Crippen LogP contribution < -0.4 is 10.5 Å². The van der Waals surface area contributed by atoms with Gasteiger partial charge in [0.05, 0.1) is 11.8 Å². The summed E-state index contributed by atoms with van der Waals surface area (Å²) in [5.41, 5.74) is 5.95. The van der Waals surface area contributed by atoms with Crippen molar-refractivity contribution in [3.8, 4) is 17.7 Å². The van der Waals surface area contributed by atoms with Gasteiger partial charge in [-0.1, -0.05) is 0 Å². The zero-order valence-electron chi connectivity index (χ0n) is 9.01. The largest absolute Gasteiger partial charge is 0.436 e. The molecule has 0 aliphatic carbocycles. The van der Waals surface area contributed by atoms with Crippen LogP contribution in [0.15, 0.2) is 24.4 Å². The number of ether oxygens (including phenoxy) is 1. The Bertz CT molecular complexity index is 600. The molecule has 1 heterocycles. The molecule has 0 saturated heterocycles. The van der Waals surface area contributed by atoms with Crippen molar-refractivity contribution in [1.29, 1.82) is 5.26 Å². The van der Waals surface area contributed by atoms with Crippen LogP contribution in [0.5, 0.6) is 11.6 Å². The predicted molar refractivity (Wildman–Crippen MR) is 58.8 cm³/mol. The molecule has 0 fully saturated rings. The average molecular weight is 232 g/mol. The molecule has 1 aromatic heterocycles. The molecule has 0 saturated carbocycles. The lowest BCUT2D eigenvalue weighted by Crippen LogP contribution is -1.92. The summed E-state index contributed by atoms with van der Waals surface area (Å²) in [4.78, 5) is 0. The number of hydrogen-bond donors (Lipinski definition) is 1. The number of anilines is 1. The molecule has 0 bridgehead atoms. The molecule has 0 spiro atoms. The number of halogens is 1. The highest BCUT2D eigenvalue weighted by Gasteiger charge is 2.09. The molecule has 2 N–H and O–H groups in total. The second kappa shape index (κ2) is 4.14. The number of benzene rings is 1. The molecule has 1 aromatic carbocycles. The van der Waals surface area contributed by atoms with Gasteiger partial charge in [-0.05, 0) is 12.1 Å². The minimum Gasteiger partial charge on any atom is -0.436 e. The first-order valence-corrected chi connectivity index (χ1v) is 4.77. The Morgan fingerprint density at radius 3 is 2.82 bits per heavy atom. The van der Waals surface area contributed by atoms with E-state index < -0.39 is 5.82 Å². The quantitative estimate of drug-likeness (QED) is 0.856. The molecular formula is C11H9FN4O. The van der Waals surface area contributed by atoms with Crippen LogP contribution in [0.4, 0.5) is 10.1 Å². The third-order valence-electron chi connectivity index (χ3n) is 2.10. The Morgan fingerprint density at radius 1 is 1.53 bits per heavy atom. The van der Waals surface area contributed by atoms with Crippen molar-refractivity contribution in [3.63, 3.8) is 0 Å². The summed E-state index contributed by atoms with van der Waals surface area (Å²) in [5.74, 6) is -0.192. The van der Waals surface area contributed by atoms with Crippen molar-refractivity contribution in [2.24, 2.45) is 7.05 Å². The molecule has 86 valence electrons. The molecule has 2 aromatic rings. The lowest BCUT2D eigenvalue weighted by atomic mass is 10.2. The molecule has 2 rings (SSSR count). The Balaban J connectivity index is 2.28. The Morgan fingerprint density at radius 2 is 2.29 bits per heavy atom. The summed E-state index contributed by atoms with van der Waals surface area (Å²) < 4.78 is 20.1. The number of hydrogen-bond acceptors (Lipinski definition) is 4. The summed E-state index contributed by atoms with van der Waals surface area (Å²) in [6, 6.07) is 5.66. The van der Waals surface area contributed by atoms with Crippen molar-refractivity contribution in [2.45, 2.75) is 0 Å². The highest BCUT2D eigenvalue weighted by Crippen LogP contribution is 2.26. The number of rotatable bonds is 2. The molecule has 6 heteroatoms. The number of aryl methyl sites for hydroxylation is 1. The molecular weight excluding hydrogens is 223 g/mol. The topological polar surface area (TPSA) is 76.9 Å². The molecule has 17 heavy (non-hydrogen) atoms. The van der Waals surface area contributed by atoms with E-state index in [2.05, 4.69) is 5.10 Å². The first kappa shape index (κ1) is 11.0. The zero-order chi connectivity index (χ0) is 12.4. The Kier molecular flexibility index (Phi) is 2.66. The number of aromatic nitrogens is 2. The van der Waals surface area contributed by atoms with Crippen molar-refractivity contribution >= 4 is 5.69 Å². The minimum absolute atomic E-state index is 0.0358. The SMILES string of the molecule is Cn1cc(N)c(Oc2ccc(C#N)c(F)c2)n1. The fourth-order valence-corrected chi connectivity index (χ4v) is 1.33. The summed E-state index contributed by atoms with van der Waals surface area (Å²) >= 11 is 0. The zero-order valence-corrected chi connectivity index (χ0v) is 9.01. The van der Waals surface area contributed by atoms with Gasteiger partial charge in [0.15, 0.2) is 0 Å². The average Bonchev–Trinajstić information content (AvgIpc) is 2.58. The van der Waals surface area contributed by atoms with Crippen molar-refractivity contribution in [1.82, 2.24) is 9.78 Å². The van der Waals surface area contributed by atoms with E-state index in [4.69, 9.17) is 15.7 Å². The summed E-state index contributed by atoms with van der Waals surface area (Å²) in [7, 11) is 1.70. The first-order chi connectivity index (χ1) is 8.10. The van der Waals surface area contributed by atoms with Crippen molar-refractivity contribution < 1.29 is 9.13 Å². The van der Waals surface area contributed by atoms with Crippen LogP contribution in [-0.2, 0) is 7.05 Å². The maximum absolute atomic E-state index is 13.3. The molecule has 0 aliphatic rings. The smallest absolute Gasteiger partial charge is 0.261 e. The highest BCUT2D eigenvalue weighted by molar-refractivity contribution is 5.48. The number of nitrogens with two attached hydrogens (primary N) is 1. The van der Waals surface area contributed by atoms with E-state index in [-0.39, 0.29) is 17.2 Å². The second-order valence-corrected chi connectivity index (χ2v) is 3.42. The van der Waals surface area contributed by atoms with Crippen LogP contribution in [0.1, 0.15) is 5.56 Å². The van der Waals surface area contributed by atoms with E-state index in [9.17, 15) is 4.39 Å². The van der Waals surface area contributed by atoms with Gasteiger partial charge in [0.25, 0.3) is 5.88 Å². The molecule has 0 unspecified atom stereocenters. The maximum Gasteiger partial charge on any atom is 0.261 e. The van der Waals surface area contributed by atoms with Crippen LogP contribution in [0.3, 0.4) is 0 Å². The lowest BCUT2D eigenvalue weighted by Gasteiger charge is -2.03. The van der Waals surface area contributed by atoms with E-state index in [1.165, 1.54) is 16.8 Å². The predicted octanol–water partition coefficient (Wildman–Crippen LogP) is 1.81. The van der Waals surface area contributed by atoms with E-state index in [1.807, 2.05) is 0 Å². The third-order valence-corrected chi connectivity index (χ3v) is 2.10. The van der Waals surface area contributed by atoms with Gasteiger partial charge in [-0.15, -0.1) is 5.10 Å². The summed E-state index contributed by atoms with van der Waals surface area (Å²) in [5, 5.41) is 12.5. The first-order valence-electron chi connectivity index (χ1n) is 4.77. The van der Waals surface area contributed by atoms with Gasteiger partial charge in [0.2, 0.25) is 0 Å². The van der Waals surface area contributed by atoms with Gasteiger partial charge in [0.1, 0.15) is 23.3 Å². The molecule has 0 amide bonds. The van der Waals surface area contributed by atoms with E-state index in [0.717, 1.165) is 6.07 Å². The standard InChI is InChI=1S/C11H9FN4O/c1-16-6-10(14)11(15-16)17-8-3-2-7(5-13)9(12)4-8/h2-4,6H,14H2,1H3. The Labute approximate surface area is 96.8 Å². The van der Waals surface area contributed by atoms with Gasteiger partial charge in [0, 0.05) is 13.1 Å².